The minimum Gasteiger partial charge on any atom is -0.410 e. The van der Waals surface area contributed by atoms with Crippen LogP contribution in [0.3, 0.4) is 0 Å². The van der Waals surface area contributed by atoms with Gasteiger partial charge in [0.2, 0.25) is 0 Å². The SMILES string of the molecule is CC(C)(C)[Si](C)(C)OC(CCC[C@@]1(C)CCCC(=O)C1)c1ccc(Cl)cc1. The molecule has 1 aromatic carbocycles. The van der Waals surface area contributed by atoms with E-state index in [1.807, 2.05) is 12.1 Å². The Kier molecular flexibility index (Phi) is 7.38. The van der Waals surface area contributed by atoms with Crippen molar-refractivity contribution in [1.29, 1.82) is 0 Å². The normalized spacial score (nSPS) is 22.7. The number of halogens is 1. The maximum Gasteiger partial charge on any atom is 0.192 e. The lowest BCUT2D eigenvalue weighted by atomic mass is 9.72. The van der Waals surface area contributed by atoms with Crippen LogP contribution >= 0.6 is 11.6 Å². The van der Waals surface area contributed by atoms with E-state index in [1.54, 1.807) is 0 Å². The lowest BCUT2D eigenvalue weighted by Gasteiger charge is -2.40. The molecule has 2 nitrogen and oxygen atoms in total. The van der Waals surface area contributed by atoms with Crippen LogP contribution in [-0.4, -0.2) is 14.1 Å². The fourth-order valence-corrected chi connectivity index (χ4v) is 5.24. The number of hydrogen-bond donors (Lipinski definition) is 0. The Bertz CT molecular complexity index is 633. The zero-order valence-electron chi connectivity index (χ0n) is 18.0. The van der Waals surface area contributed by atoms with E-state index in [0.717, 1.165) is 43.5 Å². The molecule has 0 bridgehead atoms. The molecular formula is C23H37ClO2Si. The van der Waals surface area contributed by atoms with Crippen LogP contribution in [0.1, 0.15) is 84.3 Å². The summed E-state index contributed by atoms with van der Waals surface area (Å²) in [6.45, 7) is 13.8. The highest BCUT2D eigenvalue weighted by Gasteiger charge is 2.39. The minimum absolute atomic E-state index is 0.103. The van der Waals surface area contributed by atoms with Gasteiger partial charge in [-0.1, -0.05) is 57.8 Å². The standard InChI is InChI=1S/C23H37ClO2Si/c1-22(2,3)27(5,6)26-21(18-11-13-19(24)14-12-18)10-8-16-23(4)15-7-9-20(25)17-23/h11-14,21H,7-10,15-17H2,1-6H3/t21?,23-/m1/s1. The topological polar surface area (TPSA) is 26.3 Å². The first-order chi connectivity index (χ1) is 12.4. The van der Waals surface area contributed by atoms with Crippen LogP contribution in [0.15, 0.2) is 24.3 Å². The highest BCUT2D eigenvalue weighted by Crippen LogP contribution is 2.43. The van der Waals surface area contributed by atoms with Gasteiger partial charge in [-0.05, 0) is 66.9 Å². The number of benzene rings is 1. The second-order valence-electron chi connectivity index (χ2n) is 10.2. The minimum atomic E-state index is -1.87. The summed E-state index contributed by atoms with van der Waals surface area (Å²) in [7, 11) is -1.87. The zero-order valence-corrected chi connectivity index (χ0v) is 19.8. The van der Waals surface area contributed by atoms with E-state index in [-0.39, 0.29) is 16.6 Å². The third-order valence-corrected chi connectivity index (χ3v) is 11.3. The van der Waals surface area contributed by atoms with Crippen molar-refractivity contribution in [1.82, 2.24) is 0 Å². The Labute approximate surface area is 172 Å². The molecule has 0 amide bonds. The van der Waals surface area contributed by atoms with E-state index < -0.39 is 8.32 Å². The molecule has 0 aromatic heterocycles. The van der Waals surface area contributed by atoms with Gasteiger partial charge >= 0.3 is 0 Å². The van der Waals surface area contributed by atoms with Crippen molar-refractivity contribution >= 4 is 25.7 Å². The van der Waals surface area contributed by atoms with Crippen molar-refractivity contribution < 1.29 is 9.22 Å². The van der Waals surface area contributed by atoms with Gasteiger partial charge in [-0.15, -0.1) is 0 Å². The Hall–Kier alpha value is -0.643. The molecule has 0 saturated heterocycles. The quantitative estimate of drug-likeness (QED) is 0.431. The van der Waals surface area contributed by atoms with Gasteiger partial charge in [0.15, 0.2) is 8.32 Å². The number of rotatable bonds is 7. The predicted molar refractivity (Wildman–Crippen MR) is 118 cm³/mol. The van der Waals surface area contributed by atoms with Crippen LogP contribution < -0.4 is 0 Å². The molecule has 0 radical (unpaired) electrons. The molecule has 0 spiro atoms. The molecule has 0 aliphatic heterocycles. The van der Waals surface area contributed by atoms with Crippen LogP contribution in [0, 0.1) is 5.41 Å². The molecule has 4 heteroatoms. The Morgan fingerprint density at radius 2 is 1.85 bits per heavy atom. The smallest absolute Gasteiger partial charge is 0.192 e. The summed E-state index contributed by atoms with van der Waals surface area (Å²) in [4.78, 5) is 11.9. The van der Waals surface area contributed by atoms with Gasteiger partial charge in [-0.2, -0.15) is 0 Å². The average molecular weight is 409 g/mol. The van der Waals surface area contributed by atoms with Crippen LogP contribution in [0.4, 0.5) is 0 Å². The molecule has 1 saturated carbocycles. The lowest BCUT2D eigenvalue weighted by Crippen LogP contribution is -2.41. The third kappa shape index (κ3) is 6.44. The summed E-state index contributed by atoms with van der Waals surface area (Å²) in [5, 5.41) is 0.942. The molecule has 0 heterocycles. The summed E-state index contributed by atoms with van der Waals surface area (Å²) in [5.41, 5.74) is 1.39. The van der Waals surface area contributed by atoms with E-state index in [9.17, 15) is 4.79 Å². The number of Topliss-reactive ketones (excluding diaryl/α,β-unsaturated/α-hetero) is 1. The molecule has 2 rings (SSSR count). The van der Waals surface area contributed by atoms with Gasteiger partial charge in [0.05, 0.1) is 6.10 Å². The molecule has 27 heavy (non-hydrogen) atoms. The molecule has 2 atom stereocenters. The maximum absolute atomic E-state index is 11.9. The molecule has 1 aliphatic rings. The average Bonchev–Trinajstić information content (AvgIpc) is 2.53. The fraction of sp³-hybridized carbons (Fsp3) is 0.696. The first-order valence-corrected chi connectivity index (χ1v) is 13.7. The number of ketones is 1. The van der Waals surface area contributed by atoms with Gasteiger partial charge in [0.1, 0.15) is 5.78 Å². The number of carbonyl (C=O) groups is 1. The van der Waals surface area contributed by atoms with Gasteiger partial charge < -0.3 is 4.43 Å². The van der Waals surface area contributed by atoms with Crippen molar-refractivity contribution in [3.8, 4) is 0 Å². The summed E-state index contributed by atoms with van der Waals surface area (Å²) in [5.74, 6) is 0.440. The van der Waals surface area contributed by atoms with E-state index in [1.165, 1.54) is 12.0 Å². The van der Waals surface area contributed by atoms with E-state index in [4.69, 9.17) is 16.0 Å². The second-order valence-corrected chi connectivity index (χ2v) is 15.4. The molecule has 152 valence electrons. The molecule has 1 aliphatic carbocycles. The van der Waals surface area contributed by atoms with Crippen molar-refractivity contribution in [2.75, 3.05) is 0 Å². The van der Waals surface area contributed by atoms with E-state index >= 15 is 0 Å². The predicted octanol–water partition coefficient (Wildman–Crippen LogP) is 7.72. The fourth-order valence-electron chi connectivity index (χ4n) is 3.80. The third-order valence-electron chi connectivity index (χ3n) is 6.59. The largest absolute Gasteiger partial charge is 0.410 e. The van der Waals surface area contributed by atoms with Gasteiger partial charge in [0, 0.05) is 17.9 Å². The van der Waals surface area contributed by atoms with Crippen LogP contribution in [0.25, 0.3) is 0 Å². The molecule has 1 aromatic rings. The van der Waals surface area contributed by atoms with E-state index in [0.29, 0.717) is 5.78 Å². The highest BCUT2D eigenvalue weighted by atomic mass is 35.5. The van der Waals surface area contributed by atoms with Crippen molar-refractivity contribution in [2.45, 2.75) is 96.9 Å². The second kappa shape index (κ2) is 8.80. The molecule has 1 fully saturated rings. The van der Waals surface area contributed by atoms with Crippen molar-refractivity contribution in [2.24, 2.45) is 5.41 Å². The summed E-state index contributed by atoms with van der Waals surface area (Å²) in [6, 6.07) is 8.12. The summed E-state index contributed by atoms with van der Waals surface area (Å²) in [6.07, 6.45) is 7.04. The Morgan fingerprint density at radius 3 is 2.41 bits per heavy atom. The van der Waals surface area contributed by atoms with Gasteiger partial charge in [-0.3, -0.25) is 4.79 Å². The van der Waals surface area contributed by atoms with Crippen molar-refractivity contribution in [3.63, 3.8) is 0 Å². The first kappa shape index (κ1) is 22.6. The Morgan fingerprint density at radius 1 is 1.22 bits per heavy atom. The number of carbonyl (C=O) groups excluding carboxylic acids is 1. The van der Waals surface area contributed by atoms with Crippen LogP contribution in [-0.2, 0) is 9.22 Å². The molecule has 1 unspecified atom stereocenters. The monoisotopic (exact) mass is 408 g/mol. The molecule has 0 N–H and O–H groups in total. The number of hydrogen-bond acceptors (Lipinski definition) is 2. The van der Waals surface area contributed by atoms with Gasteiger partial charge in [0.25, 0.3) is 0 Å². The first-order valence-electron chi connectivity index (χ1n) is 10.4. The highest BCUT2D eigenvalue weighted by molar-refractivity contribution is 6.74. The zero-order chi connectivity index (χ0) is 20.3. The van der Waals surface area contributed by atoms with Crippen LogP contribution in [0.5, 0.6) is 0 Å². The summed E-state index contributed by atoms with van der Waals surface area (Å²) < 4.78 is 6.80. The Balaban J connectivity index is 2.08. The molecular weight excluding hydrogens is 372 g/mol. The lowest BCUT2D eigenvalue weighted by molar-refractivity contribution is -0.123. The summed E-state index contributed by atoms with van der Waals surface area (Å²) >= 11 is 6.10. The van der Waals surface area contributed by atoms with Gasteiger partial charge in [-0.25, -0.2) is 0 Å². The van der Waals surface area contributed by atoms with Crippen LogP contribution in [0.2, 0.25) is 23.2 Å². The van der Waals surface area contributed by atoms with E-state index in [2.05, 4.69) is 52.9 Å². The maximum atomic E-state index is 11.9. The van der Waals surface area contributed by atoms with Crippen molar-refractivity contribution in [3.05, 3.63) is 34.9 Å².